The number of sulfonamides is 1. The monoisotopic (exact) mass is 384 g/mol. The number of ether oxygens (including phenoxy) is 1. The van der Waals surface area contributed by atoms with Gasteiger partial charge in [0.05, 0.1) is 22.9 Å². The van der Waals surface area contributed by atoms with Crippen LogP contribution in [0.1, 0.15) is 38.7 Å². The molecule has 2 aromatic carbocycles. The predicted molar refractivity (Wildman–Crippen MR) is 106 cm³/mol. The minimum Gasteiger partial charge on any atom is -0.489 e. The van der Waals surface area contributed by atoms with Crippen LogP contribution in [-0.2, 0) is 10.0 Å². The van der Waals surface area contributed by atoms with Crippen molar-refractivity contribution in [3.63, 3.8) is 0 Å². The summed E-state index contributed by atoms with van der Waals surface area (Å²) in [4.78, 5) is 0. The lowest BCUT2D eigenvalue weighted by atomic mass is 10.0. The van der Waals surface area contributed by atoms with Crippen molar-refractivity contribution >= 4 is 10.0 Å². The molecule has 0 heterocycles. The molecular formula is C21H24N2O3S. The molecule has 1 aliphatic carbocycles. The van der Waals surface area contributed by atoms with Crippen molar-refractivity contribution < 1.29 is 13.2 Å². The molecule has 0 bridgehead atoms. The second-order valence-corrected chi connectivity index (χ2v) is 9.36. The summed E-state index contributed by atoms with van der Waals surface area (Å²) in [5, 5.41) is 8.79. The second kappa shape index (κ2) is 8.12. The van der Waals surface area contributed by atoms with Crippen LogP contribution in [0.4, 0.5) is 0 Å². The Balaban J connectivity index is 1.72. The van der Waals surface area contributed by atoms with Gasteiger partial charge in [-0.2, -0.15) is 5.26 Å². The summed E-state index contributed by atoms with van der Waals surface area (Å²) in [5.74, 6) is 0.703. The highest BCUT2D eigenvalue weighted by atomic mass is 32.2. The Bertz CT molecular complexity index is 931. The fourth-order valence-corrected chi connectivity index (χ4v) is 4.23. The number of nitrogens with zero attached hydrogens (tertiary/aromatic N) is 1. The molecule has 1 saturated carbocycles. The van der Waals surface area contributed by atoms with Crippen LogP contribution in [0.2, 0.25) is 0 Å². The number of hydrogen-bond donors (Lipinski definition) is 1. The standard InChI is InChI=1S/C21H24N2O3S/c1-15(2)27(24,25)23-20-8-5-9-21(20)26-18-12-10-16(11-13-18)19-7-4-3-6-17(19)14-22/h3-4,6-7,10-13,15,20-21,23H,5,8-9H2,1-2H3/t20-,21+/m0/s1. The third-order valence-corrected chi connectivity index (χ3v) is 6.76. The van der Waals surface area contributed by atoms with Crippen LogP contribution in [0.25, 0.3) is 11.1 Å². The lowest BCUT2D eigenvalue weighted by Gasteiger charge is -2.23. The van der Waals surface area contributed by atoms with Crippen molar-refractivity contribution in [2.24, 2.45) is 0 Å². The van der Waals surface area contributed by atoms with Gasteiger partial charge in [-0.15, -0.1) is 0 Å². The zero-order chi connectivity index (χ0) is 19.4. The minimum atomic E-state index is -3.32. The van der Waals surface area contributed by atoms with Gasteiger partial charge in [0.2, 0.25) is 10.0 Å². The van der Waals surface area contributed by atoms with Crippen LogP contribution in [0.5, 0.6) is 5.75 Å². The molecule has 0 aliphatic heterocycles. The van der Waals surface area contributed by atoms with E-state index in [1.54, 1.807) is 19.9 Å². The average molecular weight is 385 g/mol. The van der Waals surface area contributed by atoms with E-state index < -0.39 is 15.3 Å². The number of nitriles is 1. The molecule has 0 aromatic heterocycles. The normalized spacial score (nSPS) is 19.8. The molecule has 5 nitrogen and oxygen atoms in total. The number of benzene rings is 2. The van der Waals surface area contributed by atoms with Gasteiger partial charge in [-0.3, -0.25) is 0 Å². The zero-order valence-corrected chi connectivity index (χ0v) is 16.4. The largest absolute Gasteiger partial charge is 0.489 e. The molecular weight excluding hydrogens is 360 g/mol. The van der Waals surface area contributed by atoms with E-state index in [-0.39, 0.29) is 12.1 Å². The Labute approximate surface area is 161 Å². The maximum absolute atomic E-state index is 12.2. The molecule has 2 aromatic rings. The Morgan fingerprint density at radius 1 is 1.11 bits per heavy atom. The Hall–Kier alpha value is -2.36. The first-order valence-corrected chi connectivity index (χ1v) is 10.7. The predicted octanol–water partition coefficient (Wildman–Crippen LogP) is 3.85. The van der Waals surface area contributed by atoms with E-state index in [9.17, 15) is 13.7 Å². The summed E-state index contributed by atoms with van der Waals surface area (Å²) in [6.45, 7) is 3.34. The third-order valence-electron chi connectivity index (χ3n) is 4.89. The quantitative estimate of drug-likeness (QED) is 0.820. The molecule has 142 valence electrons. The Kier molecular flexibility index (Phi) is 5.83. The molecule has 0 unspecified atom stereocenters. The topological polar surface area (TPSA) is 79.2 Å². The van der Waals surface area contributed by atoms with Crippen LogP contribution in [0.3, 0.4) is 0 Å². The maximum Gasteiger partial charge on any atom is 0.214 e. The third kappa shape index (κ3) is 4.49. The van der Waals surface area contributed by atoms with Gasteiger partial charge in [-0.1, -0.05) is 30.3 Å². The van der Waals surface area contributed by atoms with Crippen molar-refractivity contribution in [3.8, 4) is 22.9 Å². The highest BCUT2D eigenvalue weighted by Gasteiger charge is 2.33. The molecule has 0 amide bonds. The molecule has 1 fully saturated rings. The van der Waals surface area contributed by atoms with Gasteiger partial charge in [0.1, 0.15) is 11.9 Å². The van der Waals surface area contributed by atoms with Crippen molar-refractivity contribution in [2.45, 2.75) is 50.5 Å². The molecule has 2 atom stereocenters. The molecule has 0 saturated heterocycles. The first-order valence-electron chi connectivity index (χ1n) is 9.18. The van der Waals surface area contributed by atoms with Gasteiger partial charge in [0.25, 0.3) is 0 Å². The Morgan fingerprint density at radius 2 is 1.81 bits per heavy atom. The maximum atomic E-state index is 12.2. The molecule has 1 N–H and O–H groups in total. The highest BCUT2D eigenvalue weighted by molar-refractivity contribution is 7.90. The number of hydrogen-bond acceptors (Lipinski definition) is 4. The second-order valence-electron chi connectivity index (χ2n) is 7.09. The fourth-order valence-electron chi connectivity index (χ4n) is 3.27. The van der Waals surface area contributed by atoms with Gasteiger partial charge < -0.3 is 4.74 Å². The van der Waals surface area contributed by atoms with E-state index in [0.29, 0.717) is 11.3 Å². The van der Waals surface area contributed by atoms with Crippen molar-refractivity contribution in [1.29, 1.82) is 5.26 Å². The van der Waals surface area contributed by atoms with Crippen molar-refractivity contribution in [1.82, 2.24) is 4.72 Å². The summed E-state index contributed by atoms with van der Waals surface area (Å²) >= 11 is 0. The van der Waals surface area contributed by atoms with E-state index in [2.05, 4.69) is 10.8 Å². The van der Waals surface area contributed by atoms with Crippen molar-refractivity contribution in [3.05, 3.63) is 54.1 Å². The minimum absolute atomic E-state index is 0.171. The number of nitrogens with one attached hydrogen (secondary N) is 1. The summed E-state index contributed by atoms with van der Waals surface area (Å²) in [5.41, 5.74) is 2.46. The highest BCUT2D eigenvalue weighted by Crippen LogP contribution is 2.29. The zero-order valence-electron chi connectivity index (χ0n) is 15.6. The number of rotatable bonds is 6. The van der Waals surface area contributed by atoms with E-state index in [0.717, 1.165) is 30.4 Å². The first-order chi connectivity index (χ1) is 12.9. The lowest BCUT2D eigenvalue weighted by Crippen LogP contribution is -2.44. The molecule has 0 radical (unpaired) electrons. The summed E-state index contributed by atoms with van der Waals surface area (Å²) < 4.78 is 33.2. The van der Waals surface area contributed by atoms with E-state index in [4.69, 9.17) is 4.74 Å². The van der Waals surface area contributed by atoms with E-state index in [1.807, 2.05) is 42.5 Å². The Morgan fingerprint density at radius 3 is 2.48 bits per heavy atom. The van der Waals surface area contributed by atoms with E-state index in [1.165, 1.54) is 0 Å². The average Bonchev–Trinajstić information content (AvgIpc) is 3.08. The smallest absolute Gasteiger partial charge is 0.214 e. The summed E-state index contributed by atoms with van der Waals surface area (Å²) in [7, 11) is -3.32. The van der Waals surface area contributed by atoms with Gasteiger partial charge in [-0.25, -0.2) is 13.1 Å². The molecule has 1 aliphatic rings. The van der Waals surface area contributed by atoms with E-state index >= 15 is 0 Å². The van der Waals surface area contributed by atoms with Crippen LogP contribution in [0, 0.1) is 11.3 Å². The fraction of sp³-hybridized carbons (Fsp3) is 0.381. The van der Waals surface area contributed by atoms with Crippen LogP contribution < -0.4 is 9.46 Å². The molecule has 3 rings (SSSR count). The van der Waals surface area contributed by atoms with Gasteiger partial charge in [-0.05, 0) is 62.4 Å². The molecule has 27 heavy (non-hydrogen) atoms. The summed E-state index contributed by atoms with van der Waals surface area (Å²) in [6.07, 6.45) is 2.37. The van der Waals surface area contributed by atoms with Crippen molar-refractivity contribution in [2.75, 3.05) is 0 Å². The van der Waals surface area contributed by atoms with Gasteiger partial charge >= 0.3 is 0 Å². The molecule has 6 heteroatoms. The van der Waals surface area contributed by atoms with Crippen LogP contribution in [-0.4, -0.2) is 25.8 Å². The van der Waals surface area contributed by atoms with Gasteiger partial charge in [0, 0.05) is 0 Å². The summed E-state index contributed by atoms with van der Waals surface area (Å²) in [6, 6.07) is 17.1. The SMILES string of the molecule is CC(C)S(=O)(=O)N[C@H]1CCC[C@H]1Oc1ccc(-c2ccccc2C#N)cc1. The van der Waals surface area contributed by atoms with Crippen LogP contribution >= 0.6 is 0 Å². The van der Waals surface area contributed by atoms with Crippen LogP contribution in [0.15, 0.2) is 48.5 Å². The first kappa shape index (κ1) is 19.4. The molecule has 0 spiro atoms. The lowest BCUT2D eigenvalue weighted by molar-refractivity contribution is 0.185. The van der Waals surface area contributed by atoms with Gasteiger partial charge in [0.15, 0.2) is 0 Å².